The molecule has 5 rings (SSSR count). The van der Waals surface area contributed by atoms with Crippen molar-refractivity contribution in [3.63, 3.8) is 0 Å². The minimum atomic E-state index is -1.41. The predicted octanol–water partition coefficient (Wildman–Crippen LogP) is 1.09. The molecular weight excluding hydrogens is 534 g/mol. The Kier molecular flexibility index (Phi) is 10.1. The molecule has 2 amide bonds. The molecular formula is C27H41N7O7. The summed E-state index contributed by atoms with van der Waals surface area (Å²) in [6.45, 7) is 7.37. The number of fused-ring (bicyclic) bond motifs is 1. The molecule has 0 bridgehead atoms. The Hall–Kier alpha value is -3.36. The number of hydrogen-bond acceptors (Lipinski definition) is 11. The topological polar surface area (TPSA) is 195 Å². The molecule has 0 radical (unpaired) electrons. The zero-order chi connectivity index (χ0) is 29.7. The number of aliphatic hydroxyl groups is 2. The van der Waals surface area contributed by atoms with E-state index < -0.39 is 30.4 Å². The first-order valence-corrected chi connectivity index (χ1v) is 14.5. The number of rotatable bonds is 8. The van der Waals surface area contributed by atoms with E-state index >= 15 is 0 Å². The highest BCUT2D eigenvalue weighted by atomic mass is 16.6. The van der Waals surface area contributed by atoms with Crippen LogP contribution < -0.4 is 11.1 Å². The minimum absolute atomic E-state index is 0.134. The number of nitrogens with two attached hydrogens (primary N) is 1. The SMILES string of the molecule is CC.CCNC(=O)[C@H]1O[C@@H](n2cnc3c(N)nc(CCCC4CCN(C(=O)OC5CC(=O)C5)CC4)nc32)C(O)[C@H]1O. The fraction of sp³-hybridized carbons (Fsp3) is 0.704. The quantitative estimate of drug-likeness (QED) is 0.352. The highest BCUT2D eigenvalue weighted by Crippen LogP contribution is 2.32. The second-order valence-electron chi connectivity index (χ2n) is 10.4. The Morgan fingerprint density at radius 3 is 2.54 bits per heavy atom. The number of nitrogens with one attached hydrogen (secondary N) is 1. The van der Waals surface area contributed by atoms with Gasteiger partial charge in [-0.15, -0.1) is 0 Å². The van der Waals surface area contributed by atoms with Crippen molar-refractivity contribution in [2.75, 3.05) is 25.4 Å². The number of piperidine rings is 1. The third kappa shape index (κ3) is 6.76. The number of ether oxygens (including phenoxy) is 2. The van der Waals surface area contributed by atoms with E-state index in [1.165, 1.54) is 10.9 Å². The third-order valence-electron chi connectivity index (χ3n) is 7.68. The number of ketones is 1. The first-order chi connectivity index (χ1) is 19.7. The van der Waals surface area contributed by atoms with Gasteiger partial charge in [-0.05, 0) is 38.5 Å². The van der Waals surface area contributed by atoms with E-state index in [1.807, 2.05) is 13.8 Å². The summed E-state index contributed by atoms with van der Waals surface area (Å²) in [6.07, 6.45) is 0.468. The van der Waals surface area contributed by atoms with Gasteiger partial charge in [0.1, 0.15) is 35.4 Å². The van der Waals surface area contributed by atoms with E-state index in [4.69, 9.17) is 15.2 Å². The molecule has 14 heteroatoms. The average molecular weight is 576 g/mol. The van der Waals surface area contributed by atoms with Crippen molar-refractivity contribution in [1.29, 1.82) is 0 Å². The number of carbonyl (C=O) groups excluding carboxylic acids is 3. The molecule has 1 unspecified atom stereocenters. The van der Waals surface area contributed by atoms with Gasteiger partial charge in [0.2, 0.25) is 0 Å². The monoisotopic (exact) mass is 575 g/mol. The molecule has 2 aromatic rings. The van der Waals surface area contributed by atoms with Crippen LogP contribution in [0, 0.1) is 5.92 Å². The highest BCUT2D eigenvalue weighted by molar-refractivity contribution is 5.86. The first kappa shape index (κ1) is 30.6. The summed E-state index contributed by atoms with van der Waals surface area (Å²) < 4.78 is 12.6. The number of nitrogen functional groups attached to an aromatic ring is 1. The van der Waals surface area contributed by atoms with Gasteiger partial charge < -0.3 is 35.6 Å². The van der Waals surface area contributed by atoms with Gasteiger partial charge in [-0.2, -0.15) is 0 Å². The molecule has 41 heavy (non-hydrogen) atoms. The molecule has 1 saturated carbocycles. The van der Waals surface area contributed by atoms with Crippen molar-refractivity contribution < 1.29 is 34.1 Å². The van der Waals surface area contributed by atoms with Gasteiger partial charge in [-0.3, -0.25) is 14.2 Å². The lowest BCUT2D eigenvalue weighted by molar-refractivity contribution is -0.137. The van der Waals surface area contributed by atoms with Crippen LogP contribution in [0.4, 0.5) is 10.6 Å². The van der Waals surface area contributed by atoms with Crippen molar-refractivity contribution >= 4 is 34.8 Å². The second kappa shape index (κ2) is 13.5. The van der Waals surface area contributed by atoms with Gasteiger partial charge in [-0.25, -0.2) is 19.7 Å². The Morgan fingerprint density at radius 2 is 1.88 bits per heavy atom. The van der Waals surface area contributed by atoms with Crippen molar-refractivity contribution in [2.24, 2.45) is 5.92 Å². The second-order valence-corrected chi connectivity index (χ2v) is 10.4. The lowest BCUT2D eigenvalue weighted by Gasteiger charge is -2.33. The molecule has 0 spiro atoms. The van der Waals surface area contributed by atoms with Gasteiger partial charge in [0.25, 0.3) is 5.91 Å². The predicted molar refractivity (Wildman–Crippen MR) is 147 cm³/mol. The van der Waals surface area contributed by atoms with Crippen molar-refractivity contribution in [2.45, 2.75) is 96.4 Å². The lowest BCUT2D eigenvalue weighted by Crippen LogP contribution is -2.43. The maximum absolute atomic E-state index is 12.3. The van der Waals surface area contributed by atoms with Crippen LogP contribution in [0.5, 0.6) is 0 Å². The number of likely N-dealkylation sites (tertiary alicyclic amines) is 1. The average Bonchev–Trinajstić information content (AvgIpc) is 3.50. The molecule has 2 aliphatic heterocycles. The molecule has 3 fully saturated rings. The summed E-state index contributed by atoms with van der Waals surface area (Å²) >= 11 is 0. The zero-order valence-electron chi connectivity index (χ0n) is 23.9. The number of aryl methyl sites for hydroxylation is 1. The van der Waals surface area contributed by atoms with Crippen LogP contribution in [-0.4, -0.2) is 96.5 Å². The number of imidazole rings is 1. The summed E-state index contributed by atoms with van der Waals surface area (Å²) in [5.74, 6) is 0.798. The van der Waals surface area contributed by atoms with Crippen molar-refractivity contribution in [3.8, 4) is 0 Å². The van der Waals surface area contributed by atoms with Crippen LogP contribution in [0.15, 0.2) is 6.33 Å². The first-order valence-electron chi connectivity index (χ1n) is 14.5. The third-order valence-corrected chi connectivity index (χ3v) is 7.68. The van der Waals surface area contributed by atoms with Crippen LogP contribution in [0.1, 0.15) is 71.3 Å². The number of hydrogen-bond donors (Lipinski definition) is 4. The molecule has 1 aliphatic carbocycles. The number of aliphatic hydroxyl groups excluding tert-OH is 2. The van der Waals surface area contributed by atoms with E-state index in [1.54, 1.807) is 11.8 Å². The number of anilines is 1. The fourth-order valence-corrected chi connectivity index (χ4v) is 5.37. The standard InChI is InChI=1S/C25H35N7O7.C2H6/c1-2-27-23(36)20-18(34)19(35)24(39-20)32-12-28-17-21(26)29-16(30-22(17)32)5-3-4-13-6-8-31(9-7-13)25(37)38-15-10-14(33)11-15;1-2/h12-13,15,18-20,24,34-35H,2-11H2,1H3,(H,27,36)(H2,26,29,30);1-2H3/t18-,19?,20+,24-;/m1./s1. The fourth-order valence-electron chi connectivity index (χ4n) is 5.37. The Morgan fingerprint density at radius 1 is 1.17 bits per heavy atom. The van der Waals surface area contributed by atoms with Crippen LogP contribution in [0.2, 0.25) is 0 Å². The molecule has 3 aliphatic rings. The van der Waals surface area contributed by atoms with Crippen LogP contribution in [0.25, 0.3) is 11.2 Å². The van der Waals surface area contributed by atoms with E-state index in [2.05, 4.69) is 20.3 Å². The van der Waals surface area contributed by atoms with Crippen LogP contribution >= 0.6 is 0 Å². The summed E-state index contributed by atoms with van der Waals surface area (Å²) in [7, 11) is 0. The largest absolute Gasteiger partial charge is 0.445 e. The van der Waals surface area contributed by atoms with Crippen LogP contribution in [-0.2, 0) is 25.5 Å². The highest BCUT2D eigenvalue weighted by Gasteiger charge is 2.47. The molecule has 2 aromatic heterocycles. The lowest BCUT2D eigenvalue weighted by atomic mass is 9.91. The Labute approximate surface area is 238 Å². The molecule has 2 saturated heterocycles. The van der Waals surface area contributed by atoms with Gasteiger partial charge in [0.05, 0.1) is 6.33 Å². The van der Waals surface area contributed by atoms with Gasteiger partial charge in [0, 0.05) is 38.9 Å². The molecule has 226 valence electrons. The smallest absolute Gasteiger partial charge is 0.410 e. The number of amides is 2. The molecule has 5 N–H and O–H groups in total. The molecule has 4 atom stereocenters. The summed E-state index contributed by atoms with van der Waals surface area (Å²) in [4.78, 5) is 50.6. The van der Waals surface area contributed by atoms with Gasteiger partial charge in [0.15, 0.2) is 23.8 Å². The Balaban J connectivity index is 0.00000189. The normalized spacial score (nSPS) is 25.0. The van der Waals surface area contributed by atoms with E-state index in [-0.39, 0.29) is 23.8 Å². The Bertz CT molecular complexity index is 1220. The number of likely N-dealkylation sites (N-methyl/N-ethyl adjacent to an activating group) is 1. The summed E-state index contributed by atoms with van der Waals surface area (Å²) in [5, 5.41) is 23.6. The van der Waals surface area contributed by atoms with E-state index in [0.717, 1.165) is 25.7 Å². The van der Waals surface area contributed by atoms with Crippen LogP contribution in [0.3, 0.4) is 0 Å². The molecule has 4 heterocycles. The van der Waals surface area contributed by atoms with E-state index in [9.17, 15) is 24.6 Å². The number of Topliss-reactive ketones (excluding diaryl/α,β-unsaturated/α-hetero) is 1. The van der Waals surface area contributed by atoms with Gasteiger partial charge >= 0.3 is 6.09 Å². The number of carbonyl (C=O) groups is 3. The number of nitrogens with zero attached hydrogens (tertiary/aromatic N) is 5. The van der Waals surface area contributed by atoms with E-state index in [0.29, 0.717) is 61.8 Å². The van der Waals surface area contributed by atoms with Crippen molar-refractivity contribution in [3.05, 3.63) is 12.2 Å². The minimum Gasteiger partial charge on any atom is -0.445 e. The summed E-state index contributed by atoms with van der Waals surface area (Å²) in [5.41, 5.74) is 6.84. The maximum atomic E-state index is 12.3. The summed E-state index contributed by atoms with van der Waals surface area (Å²) in [6, 6.07) is 0. The zero-order valence-corrected chi connectivity index (χ0v) is 23.9. The van der Waals surface area contributed by atoms with Gasteiger partial charge in [-0.1, -0.05) is 13.8 Å². The number of aromatic nitrogens is 4. The molecule has 14 nitrogen and oxygen atoms in total. The maximum Gasteiger partial charge on any atom is 0.410 e. The van der Waals surface area contributed by atoms with Crippen molar-refractivity contribution in [1.82, 2.24) is 29.7 Å². The molecule has 0 aromatic carbocycles.